The first-order valence-corrected chi connectivity index (χ1v) is 7.36. The molecule has 2 aliphatic rings. The summed E-state index contributed by atoms with van der Waals surface area (Å²) in [4.78, 5) is 14.2. The number of aryl methyl sites for hydroxylation is 2. The number of piperidine rings is 1. The van der Waals surface area contributed by atoms with Gasteiger partial charge >= 0.3 is 0 Å². The van der Waals surface area contributed by atoms with E-state index in [0.717, 1.165) is 31.5 Å². The van der Waals surface area contributed by atoms with Crippen LogP contribution in [0, 0.1) is 0 Å². The Labute approximate surface area is 126 Å². The van der Waals surface area contributed by atoms with E-state index in [1.54, 1.807) is 0 Å². The van der Waals surface area contributed by atoms with Crippen molar-refractivity contribution in [2.24, 2.45) is 5.73 Å². The number of benzene rings is 1. The third kappa shape index (κ3) is 3.33. The molecular formula is C16H23ClN2O. The fourth-order valence-electron chi connectivity index (χ4n) is 3.26. The number of hydrogen-bond acceptors (Lipinski definition) is 2. The van der Waals surface area contributed by atoms with Crippen LogP contribution in [0.2, 0.25) is 0 Å². The molecule has 0 aromatic heterocycles. The molecule has 1 fully saturated rings. The van der Waals surface area contributed by atoms with Gasteiger partial charge in [-0.25, -0.2) is 0 Å². The van der Waals surface area contributed by atoms with Crippen LogP contribution in [0.1, 0.15) is 36.0 Å². The van der Waals surface area contributed by atoms with Gasteiger partial charge in [-0.15, -0.1) is 12.4 Å². The minimum atomic E-state index is 0. The molecule has 1 aliphatic carbocycles. The van der Waals surface area contributed by atoms with Crippen molar-refractivity contribution in [2.75, 3.05) is 13.1 Å². The quantitative estimate of drug-likeness (QED) is 0.908. The topological polar surface area (TPSA) is 46.3 Å². The highest BCUT2D eigenvalue weighted by Crippen LogP contribution is 2.23. The third-order valence-electron chi connectivity index (χ3n) is 4.33. The molecule has 1 aromatic rings. The standard InChI is InChI=1S/C16H22N2O.ClH/c17-15-5-2-8-18(11-15)16(19)10-12-6-7-13-3-1-4-14(13)9-12;/h6-7,9,15H,1-5,8,10-11,17H2;1H. The van der Waals surface area contributed by atoms with Crippen molar-refractivity contribution < 1.29 is 4.79 Å². The van der Waals surface area contributed by atoms with Crippen molar-refractivity contribution in [2.45, 2.75) is 44.6 Å². The zero-order valence-electron chi connectivity index (χ0n) is 11.8. The van der Waals surface area contributed by atoms with Gasteiger partial charge in [0.25, 0.3) is 0 Å². The lowest BCUT2D eigenvalue weighted by molar-refractivity contribution is -0.131. The summed E-state index contributed by atoms with van der Waals surface area (Å²) in [5.74, 6) is 0.230. The van der Waals surface area contributed by atoms with E-state index in [-0.39, 0.29) is 24.4 Å². The van der Waals surface area contributed by atoms with Gasteiger partial charge in [0.1, 0.15) is 0 Å². The molecule has 0 spiro atoms. The normalized spacial score (nSPS) is 21.2. The maximum atomic E-state index is 12.3. The first-order valence-electron chi connectivity index (χ1n) is 7.36. The van der Waals surface area contributed by atoms with E-state index in [2.05, 4.69) is 18.2 Å². The first kappa shape index (κ1) is 15.3. The zero-order valence-corrected chi connectivity index (χ0v) is 12.6. The van der Waals surface area contributed by atoms with E-state index < -0.39 is 0 Å². The summed E-state index contributed by atoms with van der Waals surface area (Å²) in [6.07, 6.45) is 6.24. The molecule has 1 heterocycles. The van der Waals surface area contributed by atoms with Crippen LogP contribution in [-0.4, -0.2) is 29.9 Å². The number of halogens is 1. The summed E-state index contributed by atoms with van der Waals surface area (Å²) in [6, 6.07) is 6.71. The molecule has 1 amide bonds. The molecule has 0 saturated carbocycles. The molecule has 110 valence electrons. The van der Waals surface area contributed by atoms with E-state index >= 15 is 0 Å². The Balaban J connectivity index is 0.00000147. The first-order chi connectivity index (χ1) is 9.22. The van der Waals surface area contributed by atoms with Crippen molar-refractivity contribution in [3.8, 4) is 0 Å². The van der Waals surface area contributed by atoms with Crippen LogP contribution in [0.25, 0.3) is 0 Å². The molecule has 0 bridgehead atoms. The molecule has 1 aromatic carbocycles. The van der Waals surface area contributed by atoms with Crippen LogP contribution < -0.4 is 5.73 Å². The van der Waals surface area contributed by atoms with Gasteiger partial charge in [0.15, 0.2) is 0 Å². The molecule has 1 saturated heterocycles. The highest BCUT2D eigenvalue weighted by Gasteiger charge is 2.21. The van der Waals surface area contributed by atoms with E-state index in [9.17, 15) is 4.79 Å². The van der Waals surface area contributed by atoms with Crippen LogP contribution in [0.3, 0.4) is 0 Å². The Morgan fingerprint density at radius 2 is 2.05 bits per heavy atom. The van der Waals surface area contributed by atoms with Crippen molar-refractivity contribution in [3.05, 3.63) is 34.9 Å². The van der Waals surface area contributed by atoms with Crippen molar-refractivity contribution >= 4 is 18.3 Å². The number of amides is 1. The molecule has 0 radical (unpaired) electrons. The highest BCUT2D eigenvalue weighted by atomic mass is 35.5. The fourth-order valence-corrected chi connectivity index (χ4v) is 3.26. The third-order valence-corrected chi connectivity index (χ3v) is 4.33. The minimum Gasteiger partial charge on any atom is -0.341 e. The predicted octanol–water partition coefficient (Wildman–Crippen LogP) is 2.09. The maximum Gasteiger partial charge on any atom is 0.227 e. The molecular weight excluding hydrogens is 272 g/mol. The average molecular weight is 295 g/mol. The Morgan fingerprint density at radius 1 is 1.25 bits per heavy atom. The summed E-state index contributed by atoms with van der Waals surface area (Å²) >= 11 is 0. The van der Waals surface area contributed by atoms with Gasteiger partial charge in [0, 0.05) is 19.1 Å². The van der Waals surface area contributed by atoms with E-state index in [0.29, 0.717) is 6.42 Å². The number of hydrogen-bond donors (Lipinski definition) is 1. The van der Waals surface area contributed by atoms with E-state index in [1.165, 1.54) is 30.4 Å². The smallest absolute Gasteiger partial charge is 0.227 e. The predicted molar refractivity (Wildman–Crippen MR) is 83.2 cm³/mol. The van der Waals surface area contributed by atoms with Gasteiger partial charge in [-0.3, -0.25) is 4.79 Å². The van der Waals surface area contributed by atoms with E-state index in [4.69, 9.17) is 5.73 Å². The lowest BCUT2D eigenvalue weighted by atomic mass is 10.0. The summed E-state index contributed by atoms with van der Waals surface area (Å²) in [5.41, 5.74) is 10.0. The number of rotatable bonds is 2. The number of likely N-dealkylation sites (tertiary alicyclic amines) is 1. The number of carbonyl (C=O) groups is 1. The molecule has 1 unspecified atom stereocenters. The van der Waals surface area contributed by atoms with Gasteiger partial charge < -0.3 is 10.6 Å². The number of nitrogens with zero attached hydrogens (tertiary/aromatic N) is 1. The Hall–Kier alpha value is -1.06. The molecule has 2 N–H and O–H groups in total. The van der Waals surface area contributed by atoms with Crippen LogP contribution in [0.5, 0.6) is 0 Å². The molecule has 3 nitrogen and oxygen atoms in total. The second-order valence-electron chi connectivity index (χ2n) is 5.88. The lowest BCUT2D eigenvalue weighted by Crippen LogP contribution is -2.46. The van der Waals surface area contributed by atoms with Crippen LogP contribution >= 0.6 is 12.4 Å². The van der Waals surface area contributed by atoms with Gasteiger partial charge in [-0.1, -0.05) is 18.2 Å². The Bertz CT molecular complexity index is 489. The van der Waals surface area contributed by atoms with Gasteiger partial charge in [0.05, 0.1) is 6.42 Å². The largest absolute Gasteiger partial charge is 0.341 e. The average Bonchev–Trinajstić information content (AvgIpc) is 2.86. The Morgan fingerprint density at radius 3 is 2.85 bits per heavy atom. The van der Waals surface area contributed by atoms with Crippen molar-refractivity contribution in [1.82, 2.24) is 4.90 Å². The number of nitrogens with two attached hydrogens (primary N) is 1. The zero-order chi connectivity index (χ0) is 13.2. The van der Waals surface area contributed by atoms with Gasteiger partial charge in [0.2, 0.25) is 5.91 Å². The second-order valence-corrected chi connectivity index (χ2v) is 5.88. The summed E-state index contributed by atoms with van der Waals surface area (Å²) < 4.78 is 0. The molecule has 1 aliphatic heterocycles. The Kier molecular flexibility index (Phi) is 5.06. The van der Waals surface area contributed by atoms with Crippen LogP contribution in [0.4, 0.5) is 0 Å². The highest BCUT2D eigenvalue weighted by molar-refractivity contribution is 5.85. The summed E-state index contributed by atoms with van der Waals surface area (Å²) in [6.45, 7) is 1.60. The van der Waals surface area contributed by atoms with Crippen molar-refractivity contribution in [3.63, 3.8) is 0 Å². The molecule has 1 atom stereocenters. The molecule has 20 heavy (non-hydrogen) atoms. The maximum absolute atomic E-state index is 12.3. The summed E-state index contributed by atoms with van der Waals surface area (Å²) in [7, 11) is 0. The van der Waals surface area contributed by atoms with Crippen molar-refractivity contribution in [1.29, 1.82) is 0 Å². The van der Waals surface area contributed by atoms with Crippen LogP contribution in [-0.2, 0) is 24.1 Å². The summed E-state index contributed by atoms with van der Waals surface area (Å²) in [5, 5.41) is 0. The number of carbonyl (C=O) groups excluding carboxylic acids is 1. The van der Waals surface area contributed by atoms with Crippen LogP contribution in [0.15, 0.2) is 18.2 Å². The van der Waals surface area contributed by atoms with Gasteiger partial charge in [-0.05, 0) is 48.8 Å². The molecule has 4 heteroatoms. The fraction of sp³-hybridized carbons (Fsp3) is 0.562. The van der Waals surface area contributed by atoms with E-state index in [1.807, 2.05) is 4.90 Å². The lowest BCUT2D eigenvalue weighted by Gasteiger charge is -2.30. The van der Waals surface area contributed by atoms with Gasteiger partial charge in [-0.2, -0.15) is 0 Å². The minimum absolute atomic E-state index is 0. The number of fused-ring (bicyclic) bond motifs is 1. The second kappa shape index (κ2) is 6.59. The molecule has 3 rings (SSSR count). The SMILES string of the molecule is Cl.NC1CCCN(C(=O)Cc2ccc3c(c2)CCC3)C1. The monoisotopic (exact) mass is 294 g/mol.